The van der Waals surface area contributed by atoms with E-state index in [1.54, 1.807) is 53.6 Å². The molecule has 1 aliphatic rings. The van der Waals surface area contributed by atoms with Gasteiger partial charge in [-0.1, -0.05) is 72.3 Å². The minimum Gasteiger partial charge on any atom is -0.269 e. The lowest BCUT2D eigenvalue weighted by Crippen LogP contribution is -2.31. The largest absolute Gasteiger partial charge is 0.269 e. The first-order valence-electron chi connectivity index (χ1n) is 12.1. The zero-order chi connectivity index (χ0) is 25.8. The summed E-state index contributed by atoms with van der Waals surface area (Å²) in [6, 6.07) is 30.7. The van der Waals surface area contributed by atoms with Gasteiger partial charge in [-0.15, -0.1) is 0 Å². The Morgan fingerprint density at radius 2 is 1.54 bits per heavy atom. The summed E-state index contributed by atoms with van der Waals surface area (Å²) >= 11 is 0. The molecule has 2 heterocycles. The molecule has 5 rings (SSSR count). The predicted molar refractivity (Wildman–Crippen MR) is 145 cm³/mol. The zero-order valence-electron chi connectivity index (χ0n) is 20.4. The third-order valence-electron chi connectivity index (χ3n) is 6.41. The van der Waals surface area contributed by atoms with Crippen LogP contribution in [-0.4, -0.2) is 30.2 Å². The molecule has 0 saturated carbocycles. The summed E-state index contributed by atoms with van der Waals surface area (Å²) in [5, 5.41) is 0. The topological polar surface area (TPSA) is 70.6 Å². The van der Waals surface area contributed by atoms with Gasteiger partial charge in [-0.2, -0.15) is 4.31 Å². The summed E-state index contributed by atoms with van der Waals surface area (Å²) in [5.74, 6) is 0.221. The lowest BCUT2D eigenvalue weighted by atomic mass is 10.0. The molecule has 0 aliphatic carbocycles. The SMILES string of the molecule is Cc1ccc(S(=O)(=O)N2C/C(=C/C(=O)N(c3ccccc3)c3ccccn3)CC2c2ccccc2)cc1. The van der Waals surface area contributed by atoms with E-state index in [0.29, 0.717) is 17.9 Å². The second kappa shape index (κ2) is 10.5. The molecule has 1 unspecified atom stereocenters. The van der Waals surface area contributed by atoms with Crippen LogP contribution in [0.15, 0.2) is 126 Å². The second-order valence-corrected chi connectivity index (χ2v) is 10.9. The summed E-state index contributed by atoms with van der Waals surface area (Å²) in [4.78, 5) is 19.8. The Morgan fingerprint density at radius 1 is 0.892 bits per heavy atom. The normalized spacial score (nSPS) is 17.1. The minimum atomic E-state index is -3.79. The monoisotopic (exact) mass is 509 g/mol. The van der Waals surface area contributed by atoms with E-state index in [4.69, 9.17) is 0 Å². The summed E-state index contributed by atoms with van der Waals surface area (Å²) < 4.78 is 29.0. The molecule has 1 aliphatic heterocycles. The van der Waals surface area contributed by atoms with Gasteiger partial charge >= 0.3 is 0 Å². The third-order valence-corrected chi connectivity index (χ3v) is 8.28. The maximum absolute atomic E-state index is 13.7. The highest BCUT2D eigenvalue weighted by molar-refractivity contribution is 7.89. The number of hydrogen-bond acceptors (Lipinski definition) is 4. The number of sulfonamides is 1. The van der Waals surface area contributed by atoms with E-state index in [1.807, 2.05) is 73.7 Å². The molecular weight excluding hydrogens is 482 g/mol. The van der Waals surface area contributed by atoms with Crippen molar-refractivity contribution < 1.29 is 13.2 Å². The summed E-state index contributed by atoms with van der Waals surface area (Å²) in [5.41, 5.74) is 3.30. The number of anilines is 2. The second-order valence-electron chi connectivity index (χ2n) is 8.99. The molecular formula is C30H27N3O3S. The lowest BCUT2D eigenvalue weighted by molar-refractivity contribution is -0.113. The smallest absolute Gasteiger partial charge is 0.256 e. The lowest BCUT2D eigenvalue weighted by Gasteiger charge is -2.24. The zero-order valence-corrected chi connectivity index (χ0v) is 21.3. The Kier molecular flexibility index (Phi) is 6.99. The van der Waals surface area contributed by atoms with E-state index in [-0.39, 0.29) is 17.3 Å². The van der Waals surface area contributed by atoms with Crippen molar-refractivity contribution in [1.82, 2.24) is 9.29 Å². The molecule has 1 saturated heterocycles. The molecule has 37 heavy (non-hydrogen) atoms. The van der Waals surface area contributed by atoms with Crippen LogP contribution in [-0.2, 0) is 14.8 Å². The molecule has 3 aromatic carbocycles. The fraction of sp³-hybridized carbons (Fsp3) is 0.133. The number of carbonyl (C=O) groups is 1. The van der Waals surface area contributed by atoms with E-state index in [2.05, 4.69) is 4.98 Å². The van der Waals surface area contributed by atoms with Crippen LogP contribution in [0.2, 0.25) is 0 Å². The van der Waals surface area contributed by atoms with Crippen molar-refractivity contribution in [3.8, 4) is 0 Å². The van der Waals surface area contributed by atoms with Gasteiger partial charge in [0.2, 0.25) is 10.0 Å². The van der Waals surface area contributed by atoms with Gasteiger partial charge in [0.05, 0.1) is 16.6 Å². The van der Waals surface area contributed by atoms with Crippen LogP contribution >= 0.6 is 0 Å². The first-order chi connectivity index (χ1) is 17.9. The predicted octanol–water partition coefficient (Wildman–Crippen LogP) is 5.82. The fourth-order valence-corrected chi connectivity index (χ4v) is 6.18. The quantitative estimate of drug-likeness (QED) is 0.307. The van der Waals surface area contributed by atoms with Crippen molar-refractivity contribution in [3.63, 3.8) is 0 Å². The maximum Gasteiger partial charge on any atom is 0.256 e. The number of pyridine rings is 1. The van der Waals surface area contributed by atoms with E-state index in [9.17, 15) is 13.2 Å². The summed E-state index contributed by atoms with van der Waals surface area (Å²) in [6.07, 6.45) is 3.62. The Hall–Kier alpha value is -4.07. The number of rotatable bonds is 6. The van der Waals surface area contributed by atoms with Crippen LogP contribution < -0.4 is 4.90 Å². The number of amides is 1. The molecule has 1 aromatic heterocycles. The third kappa shape index (κ3) is 5.23. The average molecular weight is 510 g/mol. The molecule has 4 aromatic rings. The number of aromatic nitrogens is 1. The average Bonchev–Trinajstić information content (AvgIpc) is 3.35. The molecule has 0 spiro atoms. The Morgan fingerprint density at radius 3 is 2.19 bits per heavy atom. The van der Waals surface area contributed by atoms with Crippen LogP contribution in [0.1, 0.15) is 23.6 Å². The van der Waals surface area contributed by atoms with Crippen LogP contribution in [0.25, 0.3) is 0 Å². The number of hydrogen-bond donors (Lipinski definition) is 0. The fourth-order valence-electron chi connectivity index (χ4n) is 4.56. The van der Waals surface area contributed by atoms with Gasteiger partial charge in [-0.3, -0.25) is 9.69 Å². The van der Waals surface area contributed by atoms with Gasteiger partial charge in [0.1, 0.15) is 5.82 Å². The molecule has 6 nitrogen and oxygen atoms in total. The van der Waals surface area contributed by atoms with Crippen LogP contribution in [0.4, 0.5) is 11.5 Å². The van der Waals surface area contributed by atoms with Gasteiger partial charge in [-0.25, -0.2) is 13.4 Å². The standard InChI is InChI=1S/C30H27N3O3S/c1-23-15-17-27(18-16-23)37(35,36)32-22-24(20-28(32)25-10-4-2-5-11-25)21-30(34)33(26-12-6-3-7-13-26)29-14-8-9-19-31-29/h2-19,21,28H,20,22H2,1H3/b24-21+. The van der Waals surface area contributed by atoms with Crippen molar-refractivity contribution >= 4 is 27.4 Å². The van der Waals surface area contributed by atoms with E-state index < -0.39 is 16.1 Å². The molecule has 1 fully saturated rings. The highest BCUT2D eigenvalue weighted by atomic mass is 32.2. The van der Waals surface area contributed by atoms with E-state index in [0.717, 1.165) is 16.7 Å². The number of benzene rings is 3. The van der Waals surface area contributed by atoms with Gasteiger partial charge in [0, 0.05) is 18.8 Å². The molecule has 0 bridgehead atoms. The number of para-hydroxylation sites is 1. The van der Waals surface area contributed by atoms with Crippen molar-refractivity contribution in [3.05, 3.63) is 132 Å². The van der Waals surface area contributed by atoms with E-state index in [1.165, 1.54) is 4.31 Å². The molecule has 7 heteroatoms. The molecule has 1 atom stereocenters. The maximum atomic E-state index is 13.7. The highest BCUT2D eigenvalue weighted by Gasteiger charge is 2.39. The first-order valence-corrected chi connectivity index (χ1v) is 13.5. The highest BCUT2D eigenvalue weighted by Crippen LogP contribution is 2.39. The van der Waals surface area contributed by atoms with Gasteiger partial charge in [0.25, 0.3) is 5.91 Å². The molecule has 186 valence electrons. The van der Waals surface area contributed by atoms with Crippen LogP contribution in [0.3, 0.4) is 0 Å². The molecule has 0 radical (unpaired) electrons. The Balaban J connectivity index is 1.52. The Bertz CT molecular complexity index is 1470. The molecule has 0 N–H and O–H groups in total. The number of aryl methyl sites for hydroxylation is 1. The summed E-state index contributed by atoms with van der Waals surface area (Å²) in [7, 11) is -3.79. The van der Waals surface area contributed by atoms with Crippen molar-refractivity contribution in [2.45, 2.75) is 24.3 Å². The first kappa shape index (κ1) is 24.6. The summed E-state index contributed by atoms with van der Waals surface area (Å²) in [6.45, 7) is 2.05. The Labute approximate surface area is 217 Å². The minimum absolute atomic E-state index is 0.131. The van der Waals surface area contributed by atoms with Gasteiger partial charge < -0.3 is 0 Å². The van der Waals surface area contributed by atoms with Crippen molar-refractivity contribution in [2.75, 3.05) is 11.4 Å². The number of nitrogens with zero attached hydrogens (tertiary/aromatic N) is 3. The van der Waals surface area contributed by atoms with Crippen LogP contribution in [0, 0.1) is 6.92 Å². The van der Waals surface area contributed by atoms with Crippen molar-refractivity contribution in [1.29, 1.82) is 0 Å². The molecule has 1 amide bonds. The van der Waals surface area contributed by atoms with Crippen LogP contribution in [0.5, 0.6) is 0 Å². The number of carbonyl (C=O) groups excluding carboxylic acids is 1. The van der Waals surface area contributed by atoms with Crippen molar-refractivity contribution in [2.24, 2.45) is 0 Å². The van der Waals surface area contributed by atoms with Gasteiger partial charge in [-0.05, 0) is 60.9 Å². The van der Waals surface area contributed by atoms with E-state index >= 15 is 0 Å². The van der Waals surface area contributed by atoms with Gasteiger partial charge in [0.15, 0.2) is 0 Å².